The molecule has 1 saturated heterocycles. The maximum absolute atomic E-state index is 13.2. The van der Waals surface area contributed by atoms with Gasteiger partial charge in [-0.2, -0.15) is 0 Å². The van der Waals surface area contributed by atoms with Crippen molar-refractivity contribution in [2.24, 2.45) is 0 Å². The van der Waals surface area contributed by atoms with Gasteiger partial charge in [0, 0.05) is 6.54 Å². The van der Waals surface area contributed by atoms with Crippen LogP contribution in [-0.4, -0.2) is 45.5 Å². The van der Waals surface area contributed by atoms with Crippen molar-refractivity contribution in [1.29, 1.82) is 0 Å². The van der Waals surface area contributed by atoms with Crippen LogP contribution >= 0.6 is 11.6 Å². The van der Waals surface area contributed by atoms with Gasteiger partial charge < -0.3 is 9.64 Å². The molecule has 0 saturated carbocycles. The van der Waals surface area contributed by atoms with E-state index < -0.39 is 22.4 Å². The third kappa shape index (κ3) is 4.84. The number of amides is 1. The number of nitrogens with one attached hydrogen (secondary N) is 1. The van der Waals surface area contributed by atoms with Crippen molar-refractivity contribution in [2.75, 3.05) is 26.2 Å². The van der Waals surface area contributed by atoms with Crippen LogP contribution in [0.3, 0.4) is 0 Å². The topological polar surface area (TPSA) is 75.7 Å². The van der Waals surface area contributed by atoms with Gasteiger partial charge in [0.2, 0.25) is 15.9 Å². The quantitative estimate of drug-likeness (QED) is 0.818. The highest BCUT2D eigenvalue weighted by Crippen LogP contribution is 2.22. The standard InChI is InChI=1S/C18H18ClFN2O4S/c19-15-10-14(6-7-16(15)20)27(24,25)21-11-18(23)22-8-9-26-17(12-22)13-4-2-1-3-5-13/h1-7,10,17,21H,8-9,11-12H2. The minimum absolute atomic E-state index is 0.203. The van der Waals surface area contributed by atoms with Gasteiger partial charge in [0.25, 0.3) is 0 Å². The van der Waals surface area contributed by atoms with Crippen LogP contribution in [0.5, 0.6) is 0 Å². The van der Waals surface area contributed by atoms with E-state index in [0.29, 0.717) is 19.7 Å². The molecule has 1 aliphatic rings. The lowest BCUT2D eigenvalue weighted by Gasteiger charge is -2.33. The zero-order valence-corrected chi connectivity index (χ0v) is 15.8. The van der Waals surface area contributed by atoms with Gasteiger partial charge in [-0.05, 0) is 23.8 Å². The molecule has 1 aliphatic heterocycles. The van der Waals surface area contributed by atoms with Crippen LogP contribution in [0, 0.1) is 5.82 Å². The molecule has 27 heavy (non-hydrogen) atoms. The lowest BCUT2D eigenvalue weighted by molar-refractivity contribution is -0.137. The van der Waals surface area contributed by atoms with Crippen molar-refractivity contribution in [3.63, 3.8) is 0 Å². The van der Waals surface area contributed by atoms with Crippen molar-refractivity contribution in [3.05, 3.63) is 64.9 Å². The molecule has 144 valence electrons. The molecule has 0 spiro atoms. The van der Waals surface area contributed by atoms with E-state index in [1.54, 1.807) is 4.90 Å². The molecule has 0 radical (unpaired) electrons. The van der Waals surface area contributed by atoms with E-state index in [4.69, 9.17) is 16.3 Å². The molecule has 1 unspecified atom stereocenters. The Labute approximate surface area is 161 Å². The number of carbonyl (C=O) groups is 1. The van der Waals surface area contributed by atoms with Crippen LogP contribution in [0.15, 0.2) is 53.4 Å². The highest BCUT2D eigenvalue weighted by Gasteiger charge is 2.26. The Morgan fingerprint density at radius 2 is 2.00 bits per heavy atom. The zero-order chi connectivity index (χ0) is 19.4. The average Bonchev–Trinajstić information content (AvgIpc) is 2.69. The summed E-state index contributed by atoms with van der Waals surface area (Å²) in [5.74, 6) is -1.08. The second-order valence-corrected chi connectivity index (χ2v) is 8.18. The van der Waals surface area contributed by atoms with Crippen LogP contribution in [-0.2, 0) is 19.6 Å². The zero-order valence-electron chi connectivity index (χ0n) is 14.3. The summed E-state index contributed by atoms with van der Waals surface area (Å²) in [4.78, 5) is 13.8. The molecule has 2 aromatic carbocycles. The molecule has 1 N–H and O–H groups in total. The van der Waals surface area contributed by atoms with E-state index in [2.05, 4.69) is 4.72 Å². The minimum atomic E-state index is -3.98. The van der Waals surface area contributed by atoms with Gasteiger partial charge in [-0.15, -0.1) is 0 Å². The van der Waals surface area contributed by atoms with E-state index in [9.17, 15) is 17.6 Å². The van der Waals surface area contributed by atoms with Gasteiger partial charge >= 0.3 is 0 Å². The third-order valence-corrected chi connectivity index (χ3v) is 5.89. The number of carbonyl (C=O) groups excluding carboxylic acids is 1. The van der Waals surface area contributed by atoms with E-state index >= 15 is 0 Å². The number of halogens is 2. The number of sulfonamides is 1. The van der Waals surface area contributed by atoms with E-state index in [0.717, 1.165) is 23.8 Å². The van der Waals surface area contributed by atoms with Gasteiger partial charge in [-0.1, -0.05) is 41.9 Å². The lowest BCUT2D eigenvalue weighted by atomic mass is 10.1. The Morgan fingerprint density at radius 3 is 2.70 bits per heavy atom. The molecule has 0 aliphatic carbocycles. The SMILES string of the molecule is O=C(CNS(=O)(=O)c1ccc(F)c(Cl)c1)N1CCOC(c2ccccc2)C1. The number of hydrogen-bond acceptors (Lipinski definition) is 4. The summed E-state index contributed by atoms with van der Waals surface area (Å²) in [6.07, 6.45) is -0.253. The number of benzene rings is 2. The first kappa shape index (κ1) is 19.8. The van der Waals surface area contributed by atoms with E-state index in [1.165, 1.54) is 0 Å². The molecule has 1 fully saturated rings. The highest BCUT2D eigenvalue weighted by molar-refractivity contribution is 7.89. The molecule has 1 atom stereocenters. The van der Waals surface area contributed by atoms with E-state index in [1.807, 2.05) is 30.3 Å². The molecule has 1 heterocycles. The number of hydrogen-bond donors (Lipinski definition) is 1. The predicted octanol–water partition coefficient (Wildman–Crippen LogP) is 2.36. The van der Waals surface area contributed by atoms with Crippen molar-refractivity contribution in [2.45, 2.75) is 11.0 Å². The van der Waals surface area contributed by atoms with Crippen LogP contribution < -0.4 is 4.72 Å². The fraction of sp³-hybridized carbons (Fsp3) is 0.278. The Morgan fingerprint density at radius 1 is 1.26 bits per heavy atom. The van der Waals surface area contributed by atoms with Crippen molar-refractivity contribution < 1.29 is 22.3 Å². The summed E-state index contributed by atoms with van der Waals surface area (Å²) in [5.41, 5.74) is 0.955. The van der Waals surface area contributed by atoms with Crippen LogP contribution in [0.1, 0.15) is 11.7 Å². The summed E-state index contributed by atoms with van der Waals surface area (Å²) in [6.45, 7) is 0.684. The maximum atomic E-state index is 13.2. The number of nitrogens with zero attached hydrogens (tertiary/aromatic N) is 1. The summed E-state index contributed by atoms with van der Waals surface area (Å²) < 4.78 is 45.7. The molecule has 0 bridgehead atoms. The Balaban J connectivity index is 1.62. The van der Waals surface area contributed by atoms with E-state index in [-0.39, 0.29) is 21.9 Å². The molecular weight excluding hydrogens is 395 g/mol. The molecule has 1 amide bonds. The minimum Gasteiger partial charge on any atom is -0.370 e. The van der Waals surface area contributed by atoms with Crippen LogP contribution in [0.2, 0.25) is 5.02 Å². The van der Waals surface area contributed by atoms with Crippen LogP contribution in [0.25, 0.3) is 0 Å². The lowest BCUT2D eigenvalue weighted by Crippen LogP contribution is -2.46. The third-order valence-electron chi connectivity index (χ3n) is 4.21. The second kappa shape index (κ2) is 8.35. The van der Waals surface area contributed by atoms with Crippen molar-refractivity contribution in [3.8, 4) is 0 Å². The number of rotatable bonds is 5. The first-order valence-electron chi connectivity index (χ1n) is 8.26. The summed E-state index contributed by atoms with van der Waals surface area (Å²) >= 11 is 5.62. The van der Waals surface area contributed by atoms with Crippen LogP contribution in [0.4, 0.5) is 4.39 Å². The number of ether oxygens (including phenoxy) is 1. The van der Waals surface area contributed by atoms with Gasteiger partial charge in [0.1, 0.15) is 11.9 Å². The highest BCUT2D eigenvalue weighted by atomic mass is 35.5. The first-order chi connectivity index (χ1) is 12.9. The molecule has 0 aromatic heterocycles. The molecule has 6 nitrogen and oxygen atoms in total. The molecule has 9 heteroatoms. The fourth-order valence-electron chi connectivity index (χ4n) is 2.74. The van der Waals surface area contributed by atoms with Gasteiger partial charge in [-0.25, -0.2) is 17.5 Å². The second-order valence-electron chi connectivity index (χ2n) is 6.01. The Hall–Kier alpha value is -2.00. The normalized spacial score (nSPS) is 17.7. The molecule has 3 rings (SSSR count). The number of morpholine rings is 1. The van der Waals surface area contributed by atoms with Crippen molar-refractivity contribution >= 4 is 27.5 Å². The Bertz CT molecular complexity index is 924. The summed E-state index contributed by atoms with van der Waals surface area (Å²) in [6, 6.07) is 12.6. The maximum Gasteiger partial charge on any atom is 0.241 e. The molecular formula is C18H18ClFN2O4S. The fourth-order valence-corrected chi connectivity index (χ4v) is 3.99. The monoisotopic (exact) mass is 412 g/mol. The largest absolute Gasteiger partial charge is 0.370 e. The van der Waals surface area contributed by atoms with Gasteiger partial charge in [0.15, 0.2) is 0 Å². The Kier molecular flexibility index (Phi) is 6.11. The van der Waals surface area contributed by atoms with Gasteiger partial charge in [0.05, 0.1) is 29.6 Å². The molecule has 2 aromatic rings. The summed E-state index contributed by atoms with van der Waals surface area (Å²) in [5, 5.41) is -0.303. The average molecular weight is 413 g/mol. The smallest absolute Gasteiger partial charge is 0.241 e. The van der Waals surface area contributed by atoms with Crippen molar-refractivity contribution in [1.82, 2.24) is 9.62 Å². The predicted molar refractivity (Wildman–Crippen MR) is 98.3 cm³/mol. The first-order valence-corrected chi connectivity index (χ1v) is 10.1. The summed E-state index contributed by atoms with van der Waals surface area (Å²) in [7, 11) is -3.98. The van der Waals surface area contributed by atoms with Gasteiger partial charge in [-0.3, -0.25) is 4.79 Å².